The summed E-state index contributed by atoms with van der Waals surface area (Å²) in [6.07, 6.45) is 0.843. The van der Waals surface area contributed by atoms with Crippen LogP contribution in [0.25, 0.3) is 0 Å². The minimum atomic E-state index is -0.706. The Bertz CT molecular complexity index is 238. The van der Waals surface area contributed by atoms with E-state index in [1.165, 1.54) is 11.8 Å². The van der Waals surface area contributed by atoms with Gasteiger partial charge >= 0.3 is 0 Å². The molecule has 2 N–H and O–H groups in total. The Labute approximate surface area is 74.6 Å². The average Bonchev–Trinajstić information content (AvgIpc) is 2.47. The first-order valence-electron chi connectivity index (χ1n) is 3.56. The van der Waals surface area contributed by atoms with E-state index in [2.05, 4.69) is 4.98 Å². The molecular weight excluding hydrogens is 178 g/mol. The van der Waals surface area contributed by atoms with Gasteiger partial charge in [-0.2, -0.15) is 0 Å². The van der Waals surface area contributed by atoms with E-state index < -0.39 is 6.10 Å². The highest BCUT2D eigenvalue weighted by molar-refractivity contribution is 7.99. The number of thioether (sulfide) groups is 1. The summed E-state index contributed by atoms with van der Waals surface area (Å²) in [4.78, 5) is 4.02. The molecule has 1 unspecified atom stereocenters. The number of nitrogens with zero attached hydrogens (tertiary/aromatic N) is 1. The third-order valence-electron chi connectivity index (χ3n) is 1.21. The van der Waals surface area contributed by atoms with Crippen LogP contribution in [-0.2, 0) is 0 Å². The van der Waals surface area contributed by atoms with E-state index in [9.17, 15) is 0 Å². The van der Waals surface area contributed by atoms with Crippen LogP contribution < -0.4 is 0 Å². The zero-order valence-electron chi connectivity index (χ0n) is 6.73. The number of aliphatic hydroxyl groups is 2. The first-order valence-corrected chi connectivity index (χ1v) is 4.55. The Morgan fingerprint density at radius 2 is 2.50 bits per heavy atom. The zero-order chi connectivity index (χ0) is 8.97. The first kappa shape index (κ1) is 9.57. The number of aromatic nitrogens is 1. The Morgan fingerprint density at radius 3 is 3.00 bits per heavy atom. The van der Waals surface area contributed by atoms with Crippen LogP contribution in [0.1, 0.15) is 5.69 Å². The molecule has 0 aliphatic carbocycles. The summed E-state index contributed by atoms with van der Waals surface area (Å²) in [5, 5.41) is 18.0. The van der Waals surface area contributed by atoms with Crippen LogP contribution in [0.15, 0.2) is 15.9 Å². The predicted octanol–water partition coefficient (Wildman–Crippen LogP) is 0.428. The maximum Gasteiger partial charge on any atom is 0.255 e. The normalized spacial score (nSPS) is 13.2. The van der Waals surface area contributed by atoms with Gasteiger partial charge in [-0.3, -0.25) is 0 Å². The van der Waals surface area contributed by atoms with Crippen molar-refractivity contribution in [1.82, 2.24) is 4.98 Å². The highest BCUT2D eigenvalue weighted by Gasteiger charge is 2.06. The first-order chi connectivity index (χ1) is 5.72. The van der Waals surface area contributed by atoms with E-state index in [0.29, 0.717) is 11.0 Å². The highest BCUT2D eigenvalue weighted by atomic mass is 32.2. The third kappa shape index (κ3) is 2.84. The van der Waals surface area contributed by atoms with Gasteiger partial charge in [-0.1, -0.05) is 11.8 Å². The summed E-state index contributed by atoms with van der Waals surface area (Å²) in [5.74, 6) is 0.399. The molecule has 1 aromatic rings. The molecular formula is C7H11NO3S. The number of rotatable bonds is 4. The molecule has 68 valence electrons. The van der Waals surface area contributed by atoms with Crippen LogP contribution in [-0.4, -0.2) is 33.7 Å². The third-order valence-corrected chi connectivity index (χ3v) is 2.19. The Balaban J connectivity index is 2.33. The van der Waals surface area contributed by atoms with E-state index in [-0.39, 0.29) is 6.61 Å². The summed E-state index contributed by atoms with van der Waals surface area (Å²) >= 11 is 1.29. The van der Waals surface area contributed by atoms with Crippen molar-refractivity contribution < 1.29 is 14.6 Å². The monoisotopic (exact) mass is 189 g/mol. The fourth-order valence-electron chi connectivity index (χ4n) is 0.619. The summed E-state index contributed by atoms with van der Waals surface area (Å²) < 4.78 is 5.02. The number of hydrogen-bond acceptors (Lipinski definition) is 5. The lowest BCUT2D eigenvalue weighted by molar-refractivity contribution is 0.113. The fraction of sp³-hybridized carbons (Fsp3) is 0.571. The van der Waals surface area contributed by atoms with Gasteiger partial charge < -0.3 is 14.6 Å². The molecule has 0 amide bonds. The lowest BCUT2D eigenvalue weighted by atomic mass is 10.4. The second-order valence-electron chi connectivity index (χ2n) is 2.40. The standard InChI is InChI=1S/C7H11NO3S/c1-5-3-11-7(8-5)12-4-6(10)2-9/h3,6,9-10H,2,4H2,1H3. The molecule has 0 saturated heterocycles. The van der Waals surface area contributed by atoms with E-state index in [1.54, 1.807) is 6.26 Å². The van der Waals surface area contributed by atoms with Crippen LogP contribution in [0.3, 0.4) is 0 Å². The summed E-state index contributed by atoms with van der Waals surface area (Å²) in [6, 6.07) is 0. The molecule has 0 fully saturated rings. The Kier molecular flexibility index (Phi) is 3.58. The van der Waals surface area contributed by atoms with Gasteiger partial charge in [0.1, 0.15) is 6.26 Å². The average molecular weight is 189 g/mol. The molecule has 0 aliphatic heterocycles. The van der Waals surface area contributed by atoms with E-state index >= 15 is 0 Å². The molecule has 5 heteroatoms. The van der Waals surface area contributed by atoms with Crippen molar-refractivity contribution >= 4 is 11.8 Å². The number of oxazole rings is 1. The maximum absolute atomic E-state index is 8.99. The summed E-state index contributed by atoms with van der Waals surface area (Å²) in [6.45, 7) is 1.60. The van der Waals surface area contributed by atoms with Gasteiger partial charge in [0.2, 0.25) is 0 Å². The van der Waals surface area contributed by atoms with Crippen molar-refractivity contribution in [3.63, 3.8) is 0 Å². The topological polar surface area (TPSA) is 66.5 Å². The SMILES string of the molecule is Cc1coc(SCC(O)CO)n1. The quantitative estimate of drug-likeness (QED) is 0.672. The minimum Gasteiger partial charge on any atom is -0.440 e. The van der Waals surface area contributed by atoms with Crippen molar-refractivity contribution in [3.05, 3.63) is 12.0 Å². The van der Waals surface area contributed by atoms with Gasteiger partial charge in [0.15, 0.2) is 0 Å². The molecule has 1 heterocycles. The van der Waals surface area contributed by atoms with Crippen molar-refractivity contribution in [2.75, 3.05) is 12.4 Å². The molecule has 0 aliphatic rings. The van der Waals surface area contributed by atoms with E-state index in [0.717, 1.165) is 5.69 Å². The van der Waals surface area contributed by atoms with Gasteiger partial charge in [0.05, 0.1) is 18.4 Å². The van der Waals surface area contributed by atoms with Crippen LogP contribution in [0.4, 0.5) is 0 Å². The molecule has 0 spiro atoms. The van der Waals surface area contributed by atoms with Crippen LogP contribution in [0.2, 0.25) is 0 Å². The second-order valence-corrected chi connectivity index (χ2v) is 3.37. The molecule has 1 atom stereocenters. The van der Waals surface area contributed by atoms with Crippen LogP contribution in [0, 0.1) is 6.92 Å². The lowest BCUT2D eigenvalue weighted by Crippen LogP contribution is -2.14. The molecule has 0 radical (unpaired) electrons. The largest absolute Gasteiger partial charge is 0.440 e. The second kappa shape index (κ2) is 4.49. The molecule has 4 nitrogen and oxygen atoms in total. The number of aliphatic hydroxyl groups excluding tert-OH is 2. The van der Waals surface area contributed by atoms with Crippen LogP contribution in [0.5, 0.6) is 0 Å². The maximum atomic E-state index is 8.99. The molecule has 12 heavy (non-hydrogen) atoms. The number of aryl methyl sites for hydroxylation is 1. The van der Waals surface area contributed by atoms with Gasteiger partial charge in [0.25, 0.3) is 5.22 Å². The molecule has 1 rings (SSSR count). The fourth-order valence-corrected chi connectivity index (χ4v) is 1.38. The van der Waals surface area contributed by atoms with Gasteiger partial charge in [-0.05, 0) is 6.92 Å². The predicted molar refractivity (Wildman–Crippen MR) is 45.1 cm³/mol. The highest BCUT2D eigenvalue weighted by Crippen LogP contribution is 2.17. The smallest absolute Gasteiger partial charge is 0.255 e. The molecule has 0 saturated carbocycles. The Morgan fingerprint density at radius 1 is 1.75 bits per heavy atom. The molecule has 0 aromatic carbocycles. The van der Waals surface area contributed by atoms with Crippen molar-refractivity contribution in [1.29, 1.82) is 0 Å². The van der Waals surface area contributed by atoms with Gasteiger partial charge in [-0.25, -0.2) is 4.98 Å². The van der Waals surface area contributed by atoms with Gasteiger partial charge in [0, 0.05) is 5.75 Å². The summed E-state index contributed by atoms with van der Waals surface area (Å²) in [5.41, 5.74) is 0.816. The number of hydrogen-bond donors (Lipinski definition) is 2. The van der Waals surface area contributed by atoms with E-state index in [1.807, 2.05) is 6.92 Å². The molecule has 1 aromatic heterocycles. The van der Waals surface area contributed by atoms with Crippen molar-refractivity contribution in [2.24, 2.45) is 0 Å². The lowest BCUT2D eigenvalue weighted by Gasteiger charge is -2.02. The molecule has 0 bridgehead atoms. The zero-order valence-corrected chi connectivity index (χ0v) is 7.54. The van der Waals surface area contributed by atoms with Crippen molar-refractivity contribution in [3.8, 4) is 0 Å². The summed E-state index contributed by atoms with van der Waals surface area (Å²) in [7, 11) is 0. The van der Waals surface area contributed by atoms with Gasteiger partial charge in [-0.15, -0.1) is 0 Å². The van der Waals surface area contributed by atoms with Crippen molar-refractivity contribution in [2.45, 2.75) is 18.3 Å². The van der Waals surface area contributed by atoms with E-state index in [4.69, 9.17) is 14.6 Å². The Hall–Kier alpha value is -0.520. The minimum absolute atomic E-state index is 0.229. The van der Waals surface area contributed by atoms with Crippen LogP contribution >= 0.6 is 11.8 Å².